The fraction of sp³-hybridized carbons (Fsp3) is 0.476. The highest BCUT2D eigenvalue weighted by Gasteiger charge is 2.29. The van der Waals surface area contributed by atoms with Crippen LogP contribution in [-0.4, -0.2) is 40.1 Å². The number of halogens is 1. The van der Waals surface area contributed by atoms with Crippen LogP contribution in [0.4, 0.5) is 0 Å². The number of carbonyl (C=O) groups is 1. The zero-order valence-corrected chi connectivity index (χ0v) is 20.1. The average Bonchev–Trinajstić information content (AvgIpc) is 3.23. The molecule has 1 aromatic carbocycles. The van der Waals surface area contributed by atoms with Gasteiger partial charge in [-0.15, -0.1) is 11.3 Å². The summed E-state index contributed by atoms with van der Waals surface area (Å²) in [7, 11) is -3.48. The van der Waals surface area contributed by atoms with Crippen molar-refractivity contribution in [1.82, 2.24) is 10.0 Å². The summed E-state index contributed by atoms with van der Waals surface area (Å²) in [5, 5.41) is 2.99. The number of rotatable bonds is 7. The van der Waals surface area contributed by atoms with Crippen molar-refractivity contribution in [3.05, 3.63) is 40.2 Å². The Labute approximate surface area is 194 Å². The molecule has 0 saturated heterocycles. The molecule has 0 spiro atoms. The predicted octanol–water partition coefficient (Wildman–Crippen LogP) is 3.55. The van der Waals surface area contributed by atoms with Crippen LogP contribution in [0, 0.1) is 11.8 Å². The highest BCUT2D eigenvalue weighted by atomic mass is 79.9. The van der Waals surface area contributed by atoms with E-state index in [1.807, 2.05) is 24.3 Å². The van der Waals surface area contributed by atoms with Crippen LogP contribution < -0.4 is 19.5 Å². The minimum Gasteiger partial charge on any atom is -0.486 e. The molecule has 2 N–H and O–H groups in total. The fourth-order valence-corrected chi connectivity index (χ4v) is 7.06. The second-order valence-corrected chi connectivity index (χ2v) is 12.3. The van der Waals surface area contributed by atoms with Gasteiger partial charge in [-0.05, 0) is 71.8 Å². The molecule has 7 nitrogen and oxygen atoms in total. The van der Waals surface area contributed by atoms with E-state index >= 15 is 0 Å². The second kappa shape index (κ2) is 9.89. The molecule has 1 atom stereocenters. The molecular formula is C21H25BrN2O5S2. The molecule has 2 heterocycles. The number of carbonyl (C=O) groups excluding carboxylic acids is 1. The monoisotopic (exact) mass is 528 g/mol. The number of nitrogens with one attached hydrogen (secondary N) is 2. The van der Waals surface area contributed by atoms with Gasteiger partial charge in [-0.2, -0.15) is 0 Å². The van der Waals surface area contributed by atoms with Gasteiger partial charge in [0, 0.05) is 12.5 Å². The Bertz CT molecular complexity index is 1020. The topological polar surface area (TPSA) is 93.7 Å². The minimum absolute atomic E-state index is 0.0323. The highest BCUT2D eigenvalue weighted by Crippen LogP contribution is 2.32. The second-order valence-electron chi connectivity index (χ2n) is 7.87. The van der Waals surface area contributed by atoms with Crippen LogP contribution in [0.15, 0.2) is 44.4 Å². The summed E-state index contributed by atoms with van der Waals surface area (Å²) in [6.07, 6.45) is 2.96. The van der Waals surface area contributed by atoms with Crippen LogP contribution in [-0.2, 0) is 14.8 Å². The first-order valence-corrected chi connectivity index (χ1v) is 13.4. The Morgan fingerprint density at radius 2 is 1.81 bits per heavy atom. The third-order valence-electron chi connectivity index (χ3n) is 5.66. The Hall–Kier alpha value is -1.62. The van der Waals surface area contributed by atoms with Crippen LogP contribution in [0.3, 0.4) is 0 Å². The lowest BCUT2D eigenvalue weighted by Gasteiger charge is -2.29. The van der Waals surface area contributed by atoms with Crippen LogP contribution in [0.2, 0.25) is 0 Å². The van der Waals surface area contributed by atoms with Crippen molar-refractivity contribution in [1.29, 1.82) is 0 Å². The Morgan fingerprint density at radius 3 is 2.52 bits per heavy atom. The van der Waals surface area contributed by atoms with E-state index in [0.717, 1.165) is 35.2 Å². The van der Waals surface area contributed by atoms with Crippen molar-refractivity contribution < 1.29 is 22.7 Å². The van der Waals surface area contributed by atoms with Crippen molar-refractivity contribution in [2.24, 2.45) is 11.8 Å². The lowest BCUT2D eigenvalue weighted by molar-refractivity contribution is -0.126. The standard InChI is InChI=1S/C21H25BrN2O5S2/c22-19-9-10-20(30-19)31(26,27)24-11-14-5-7-15(8-6-14)21(25)23-12-16-13-28-17-3-1-2-4-18(17)29-16/h1-4,9-10,14-16,24H,5-8,11-13H2,(H,23,25). The van der Waals surface area contributed by atoms with Gasteiger partial charge in [0.25, 0.3) is 0 Å². The molecule has 1 amide bonds. The highest BCUT2D eigenvalue weighted by molar-refractivity contribution is 9.11. The van der Waals surface area contributed by atoms with Gasteiger partial charge < -0.3 is 14.8 Å². The lowest BCUT2D eigenvalue weighted by Crippen LogP contribution is -2.43. The molecule has 1 aliphatic carbocycles. The third kappa shape index (κ3) is 5.79. The van der Waals surface area contributed by atoms with Crippen molar-refractivity contribution >= 4 is 43.2 Å². The Balaban J connectivity index is 1.18. The zero-order chi connectivity index (χ0) is 21.8. The Morgan fingerprint density at radius 1 is 1.06 bits per heavy atom. The molecule has 1 aromatic heterocycles. The fourth-order valence-electron chi connectivity index (χ4n) is 3.89. The SMILES string of the molecule is O=C(NCC1COc2ccccc2O1)C1CCC(CNS(=O)(=O)c2ccc(Br)s2)CC1. The molecule has 1 aliphatic heterocycles. The van der Waals surface area contributed by atoms with E-state index in [1.165, 1.54) is 11.3 Å². The van der Waals surface area contributed by atoms with Gasteiger partial charge in [-0.25, -0.2) is 13.1 Å². The van der Waals surface area contributed by atoms with E-state index in [1.54, 1.807) is 12.1 Å². The maximum absolute atomic E-state index is 12.6. The van der Waals surface area contributed by atoms with Gasteiger partial charge in [-0.1, -0.05) is 12.1 Å². The maximum Gasteiger partial charge on any atom is 0.250 e. The number of fused-ring (bicyclic) bond motifs is 1. The third-order valence-corrected chi connectivity index (χ3v) is 9.20. The van der Waals surface area contributed by atoms with Gasteiger partial charge >= 0.3 is 0 Å². The summed E-state index contributed by atoms with van der Waals surface area (Å²) in [5.41, 5.74) is 0. The van der Waals surface area contributed by atoms with Crippen LogP contribution in [0.1, 0.15) is 25.7 Å². The number of thiophene rings is 1. The van der Waals surface area contributed by atoms with Crippen molar-refractivity contribution in [3.63, 3.8) is 0 Å². The number of para-hydroxylation sites is 2. The molecule has 2 aromatic rings. The lowest BCUT2D eigenvalue weighted by atomic mass is 9.81. The van der Waals surface area contributed by atoms with E-state index in [2.05, 4.69) is 26.0 Å². The first-order valence-electron chi connectivity index (χ1n) is 10.3. The quantitative estimate of drug-likeness (QED) is 0.573. The minimum atomic E-state index is -3.48. The average molecular weight is 529 g/mol. The van der Waals surface area contributed by atoms with Gasteiger partial charge in [-0.3, -0.25) is 4.79 Å². The summed E-state index contributed by atoms with van der Waals surface area (Å²) >= 11 is 4.48. The molecule has 4 rings (SSSR count). The first-order chi connectivity index (χ1) is 14.9. The number of benzene rings is 1. The largest absolute Gasteiger partial charge is 0.486 e. The normalized spacial score (nSPS) is 23.3. The first kappa shape index (κ1) is 22.6. The smallest absolute Gasteiger partial charge is 0.250 e. The van der Waals surface area contributed by atoms with Crippen LogP contribution in [0.25, 0.3) is 0 Å². The molecule has 31 heavy (non-hydrogen) atoms. The van der Waals surface area contributed by atoms with E-state index < -0.39 is 10.0 Å². The van der Waals surface area contributed by atoms with Crippen LogP contribution in [0.5, 0.6) is 11.5 Å². The van der Waals surface area contributed by atoms with Gasteiger partial charge in [0.1, 0.15) is 16.9 Å². The van der Waals surface area contributed by atoms with E-state index in [9.17, 15) is 13.2 Å². The summed E-state index contributed by atoms with van der Waals surface area (Å²) in [6.45, 7) is 1.22. The number of amides is 1. The van der Waals surface area contributed by atoms with Gasteiger partial charge in [0.2, 0.25) is 15.9 Å². The molecule has 168 valence electrons. The number of hydrogen-bond acceptors (Lipinski definition) is 6. The van der Waals surface area contributed by atoms with E-state index in [4.69, 9.17) is 9.47 Å². The molecular weight excluding hydrogens is 504 g/mol. The summed E-state index contributed by atoms with van der Waals surface area (Å²) in [5.74, 6) is 1.66. The number of sulfonamides is 1. The van der Waals surface area contributed by atoms with Gasteiger partial charge in [0.15, 0.2) is 11.5 Å². The number of ether oxygens (including phenoxy) is 2. The Kier molecular flexibility index (Phi) is 7.20. The molecule has 1 saturated carbocycles. The van der Waals surface area contributed by atoms with Gasteiger partial charge in [0.05, 0.1) is 10.3 Å². The summed E-state index contributed by atoms with van der Waals surface area (Å²) in [6, 6.07) is 10.8. The van der Waals surface area contributed by atoms with Crippen molar-refractivity contribution in [3.8, 4) is 11.5 Å². The van der Waals surface area contributed by atoms with Crippen LogP contribution >= 0.6 is 27.3 Å². The van der Waals surface area contributed by atoms with E-state index in [0.29, 0.717) is 29.7 Å². The molecule has 0 bridgehead atoms. The van der Waals surface area contributed by atoms with E-state index in [-0.39, 0.29) is 23.8 Å². The predicted molar refractivity (Wildman–Crippen MR) is 122 cm³/mol. The molecule has 0 radical (unpaired) electrons. The summed E-state index contributed by atoms with van der Waals surface area (Å²) in [4.78, 5) is 12.6. The van der Waals surface area contributed by atoms with Crippen molar-refractivity contribution in [2.45, 2.75) is 36.0 Å². The molecule has 2 aliphatic rings. The molecule has 10 heteroatoms. The summed E-state index contributed by atoms with van der Waals surface area (Å²) < 4.78 is 40.1. The zero-order valence-electron chi connectivity index (χ0n) is 16.9. The van der Waals surface area contributed by atoms with Crippen molar-refractivity contribution in [2.75, 3.05) is 19.7 Å². The number of hydrogen-bond donors (Lipinski definition) is 2. The maximum atomic E-state index is 12.6. The molecule has 1 fully saturated rings. The molecule has 1 unspecified atom stereocenters.